The number of carbonyl (C=O) groups is 1. The number of nitrogens with zero attached hydrogens (tertiary/aromatic N) is 3. The Kier molecular flexibility index (Phi) is 7.46. The Balaban J connectivity index is 1.54. The Bertz CT molecular complexity index is 1500. The molecule has 0 bridgehead atoms. The van der Waals surface area contributed by atoms with Crippen molar-refractivity contribution in [1.29, 1.82) is 0 Å². The number of aryl methyl sites for hydroxylation is 1. The van der Waals surface area contributed by atoms with Crippen molar-refractivity contribution in [2.24, 2.45) is 0 Å². The van der Waals surface area contributed by atoms with Crippen molar-refractivity contribution in [1.82, 2.24) is 14.8 Å². The zero-order valence-electron chi connectivity index (χ0n) is 21.4. The van der Waals surface area contributed by atoms with E-state index in [1.165, 1.54) is 6.33 Å². The van der Waals surface area contributed by atoms with Gasteiger partial charge in [-0.2, -0.15) is 10.1 Å². The van der Waals surface area contributed by atoms with E-state index in [-0.39, 0.29) is 5.91 Å². The number of aromatic nitrogens is 3. The van der Waals surface area contributed by atoms with Crippen LogP contribution >= 0.6 is 15.9 Å². The zero-order chi connectivity index (χ0) is 26.6. The van der Waals surface area contributed by atoms with E-state index < -0.39 is 6.04 Å². The Hall–Kier alpha value is -4.11. The van der Waals surface area contributed by atoms with Gasteiger partial charge in [-0.1, -0.05) is 48.5 Å². The number of amides is 1. The Morgan fingerprint density at radius 2 is 1.84 bits per heavy atom. The first kappa shape index (κ1) is 25.5. The number of allylic oxidation sites excluding steroid dienone is 1. The minimum absolute atomic E-state index is 0.228. The predicted molar refractivity (Wildman–Crippen MR) is 150 cm³/mol. The van der Waals surface area contributed by atoms with Crippen LogP contribution in [0.2, 0.25) is 0 Å². The number of nitrogens with one attached hydrogen (secondary N) is 2. The van der Waals surface area contributed by atoms with E-state index in [9.17, 15) is 4.79 Å². The molecule has 1 aromatic heterocycles. The van der Waals surface area contributed by atoms with Crippen LogP contribution in [0.3, 0.4) is 0 Å². The molecule has 1 aliphatic rings. The summed E-state index contributed by atoms with van der Waals surface area (Å²) in [6, 6.07) is 20.9. The molecule has 1 amide bonds. The normalized spacial score (nSPS) is 14.5. The molecule has 2 N–H and O–H groups in total. The van der Waals surface area contributed by atoms with Gasteiger partial charge in [0.25, 0.3) is 5.91 Å². The zero-order valence-corrected chi connectivity index (χ0v) is 23.0. The van der Waals surface area contributed by atoms with Gasteiger partial charge in [0, 0.05) is 11.4 Å². The number of ether oxygens (including phenoxy) is 2. The smallest absolute Gasteiger partial charge is 0.255 e. The number of hydrogen-bond donors (Lipinski definition) is 2. The fourth-order valence-electron chi connectivity index (χ4n) is 4.47. The van der Waals surface area contributed by atoms with Crippen LogP contribution in [0.1, 0.15) is 36.6 Å². The molecule has 1 unspecified atom stereocenters. The summed E-state index contributed by atoms with van der Waals surface area (Å²) in [7, 11) is 0. The molecule has 8 nitrogen and oxygen atoms in total. The van der Waals surface area contributed by atoms with Crippen molar-refractivity contribution in [3.63, 3.8) is 0 Å². The standard InChI is InChI=1S/C29H28BrN5O3/c1-4-37-24-15-21(14-22(30)27(24)38-16-20-11-6-5-7-12-20)26-25(19(3)33-29-31-17-32-35(26)29)28(36)34-23-13-9-8-10-18(23)2/h5-15,17,26H,4,16H2,1-3H3,(H,34,36)(H,31,32,33). The van der Waals surface area contributed by atoms with Crippen LogP contribution in [0.4, 0.5) is 11.6 Å². The minimum atomic E-state index is -0.545. The Morgan fingerprint density at radius 3 is 2.61 bits per heavy atom. The molecule has 0 fully saturated rings. The van der Waals surface area contributed by atoms with Gasteiger partial charge in [-0.05, 0) is 71.6 Å². The maximum Gasteiger partial charge on any atom is 0.255 e. The first-order valence-electron chi connectivity index (χ1n) is 12.3. The highest BCUT2D eigenvalue weighted by atomic mass is 79.9. The van der Waals surface area contributed by atoms with Gasteiger partial charge in [-0.15, -0.1) is 0 Å². The molecule has 194 valence electrons. The SMILES string of the molecule is CCOc1cc(C2C(C(=O)Nc3ccccc3C)=C(C)Nc3ncnn32)cc(Br)c1OCc1ccccc1. The lowest BCUT2D eigenvalue weighted by Gasteiger charge is -2.29. The molecule has 5 rings (SSSR count). The van der Waals surface area contributed by atoms with E-state index in [1.54, 1.807) is 4.68 Å². The second-order valence-corrected chi connectivity index (χ2v) is 9.76. The fourth-order valence-corrected chi connectivity index (χ4v) is 5.05. The van der Waals surface area contributed by atoms with Gasteiger partial charge in [0.1, 0.15) is 19.0 Å². The topological polar surface area (TPSA) is 90.3 Å². The van der Waals surface area contributed by atoms with Gasteiger partial charge in [0.15, 0.2) is 11.5 Å². The molecule has 3 aromatic carbocycles. The largest absolute Gasteiger partial charge is 0.490 e. The van der Waals surface area contributed by atoms with Crippen molar-refractivity contribution in [2.45, 2.75) is 33.4 Å². The Labute approximate surface area is 229 Å². The van der Waals surface area contributed by atoms with Crippen LogP contribution in [0.25, 0.3) is 0 Å². The quantitative estimate of drug-likeness (QED) is 0.259. The van der Waals surface area contributed by atoms with E-state index in [2.05, 4.69) is 36.6 Å². The predicted octanol–water partition coefficient (Wildman–Crippen LogP) is 6.25. The highest BCUT2D eigenvalue weighted by Gasteiger charge is 2.34. The van der Waals surface area contributed by atoms with Crippen LogP contribution in [-0.4, -0.2) is 27.3 Å². The Morgan fingerprint density at radius 1 is 1.08 bits per heavy atom. The van der Waals surface area contributed by atoms with Crippen molar-refractivity contribution >= 4 is 33.5 Å². The molecule has 0 spiro atoms. The van der Waals surface area contributed by atoms with Crippen molar-refractivity contribution in [2.75, 3.05) is 17.2 Å². The lowest BCUT2D eigenvalue weighted by molar-refractivity contribution is -0.113. The average Bonchev–Trinajstić information content (AvgIpc) is 3.37. The summed E-state index contributed by atoms with van der Waals surface area (Å²) in [5, 5.41) is 10.7. The third-order valence-corrected chi connectivity index (χ3v) is 6.89. The monoisotopic (exact) mass is 573 g/mol. The van der Waals surface area contributed by atoms with Crippen LogP contribution < -0.4 is 20.1 Å². The second-order valence-electron chi connectivity index (χ2n) is 8.90. The summed E-state index contributed by atoms with van der Waals surface area (Å²) in [5.41, 5.74) is 4.79. The van der Waals surface area contributed by atoms with E-state index in [0.29, 0.717) is 46.4 Å². The summed E-state index contributed by atoms with van der Waals surface area (Å²) in [6.45, 7) is 6.60. The number of benzene rings is 3. The molecule has 2 heterocycles. The molecule has 0 aliphatic carbocycles. The molecule has 0 saturated carbocycles. The van der Waals surface area contributed by atoms with Gasteiger partial charge >= 0.3 is 0 Å². The number of carbonyl (C=O) groups excluding carboxylic acids is 1. The average molecular weight is 574 g/mol. The van der Waals surface area contributed by atoms with Gasteiger partial charge in [0.2, 0.25) is 5.95 Å². The van der Waals surface area contributed by atoms with Crippen molar-refractivity contribution in [3.05, 3.63) is 105 Å². The summed E-state index contributed by atoms with van der Waals surface area (Å²) >= 11 is 3.69. The van der Waals surface area contributed by atoms with Gasteiger partial charge in [-0.25, -0.2) is 4.68 Å². The summed E-state index contributed by atoms with van der Waals surface area (Å²) in [5.74, 6) is 1.50. The first-order valence-corrected chi connectivity index (χ1v) is 13.1. The van der Waals surface area contributed by atoms with Gasteiger partial charge < -0.3 is 20.1 Å². The molecular weight excluding hydrogens is 546 g/mol. The summed E-state index contributed by atoms with van der Waals surface area (Å²) < 4.78 is 14.6. The molecule has 38 heavy (non-hydrogen) atoms. The molecule has 0 radical (unpaired) electrons. The van der Waals surface area contributed by atoms with Gasteiger partial charge in [-0.3, -0.25) is 4.79 Å². The van der Waals surface area contributed by atoms with E-state index >= 15 is 0 Å². The number of para-hydroxylation sites is 1. The lowest BCUT2D eigenvalue weighted by atomic mass is 9.94. The molecule has 1 aliphatic heterocycles. The maximum absolute atomic E-state index is 13.7. The van der Waals surface area contributed by atoms with Gasteiger partial charge in [0.05, 0.1) is 16.7 Å². The fraction of sp³-hybridized carbons (Fsp3) is 0.207. The van der Waals surface area contributed by atoms with Crippen LogP contribution in [0.15, 0.2) is 88.8 Å². The minimum Gasteiger partial charge on any atom is -0.490 e. The van der Waals surface area contributed by atoms with Crippen molar-refractivity contribution in [3.8, 4) is 11.5 Å². The molecule has 4 aromatic rings. The molecule has 1 atom stereocenters. The highest BCUT2D eigenvalue weighted by molar-refractivity contribution is 9.10. The third-order valence-electron chi connectivity index (χ3n) is 6.31. The van der Waals surface area contributed by atoms with Crippen LogP contribution in [0, 0.1) is 6.92 Å². The lowest BCUT2D eigenvalue weighted by Crippen LogP contribution is -2.31. The number of hydrogen-bond acceptors (Lipinski definition) is 6. The second kappa shape index (κ2) is 11.1. The van der Waals surface area contributed by atoms with Crippen molar-refractivity contribution < 1.29 is 14.3 Å². The van der Waals surface area contributed by atoms with E-state index in [0.717, 1.165) is 22.4 Å². The maximum atomic E-state index is 13.7. The first-order chi connectivity index (χ1) is 18.5. The summed E-state index contributed by atoms with van der Waals surface area (Å²) in [4.78, 5) is 18.1. The van der Waals surface area contributed by atoms with E-state index in [4.69, 9.17) is 9.47 Å². The molecular formula is C29H28BrN5O3. The molecule has 0 saturated heterocycles. The number of halogens is 1. The van der Waals surface area contributed by atoms with E-state index in [1.807, 2.05) is 87.5 Å². The third kappa shape index (κ3) is 5.15. The highest BCUT2D eigenvalue weighted by Crippen LogP contribution is 2.43. The summed E-state index contributed by atoms with van der Waals surface area (Å²) in [6.07, 6.45) is 1.47. The number of fused-ring (bicyclic) bond motifs is 1. The number of anilines is 2. The molecule has 9 heteroatoms. The van der Waals surface area contributed by atoms with Crippen LogP contribution in [-0.2, 0) is 11.4 Å². The van der Waals surface area contributed by atoms with Crippen LogP contribution in [0.5, 0.6) is 11.5 Å². The number of rotatable bonds is 8.